The van der Waals surface area contributed by atoms with Gasteiger partial charge in [-0.25, -0.2) is 0 Å². The quantitative estimate of drug-likeness (QED) is 0.356. The van der Waals surface area contributed by atoms with Gasteiger partial charge in [0.05, 0.1) is 16.8 Å². The third-order valence-electron chi connectivity index (χ3n) is 12.8. The summed E-state index contributed by atoms with van der Waals surface area (Å²) in [5.74, 6) is 8.27. The number of rotatable bonds is 6. The van der Waals surface area contributed by atoms with Crippen molar-refractivity contribution in [1.29, 1.82) is 0 Å². The van der Waals surface area contributed by atoms with Crippen molar-refractivity contribution < 1.29 is 13.6 Å². The zero-order valence-corrected chi connectivity index (χ0v) is 22.0. The molecule has 0 aliphatic heterocycles. The first-order valence-corrected chi connectivity index (χ1v) is 16.5. The Hall–Kier alpha value is 0.310. The fourth-order valence-electron chi connectivity index (χ4n) is 13.0. The fraction of sp³-hybridized carbons (Fsp3) is 1.00. The second kappa shape index (κ2) is 7.24. The van der Waals surface area contributed by atoms with E-state index in [1.165, 1.54) is 116 Å². The lowest BCUT2D eigenvalue weighted by molar-refractivity contribution is -0.167. The highest BCUT2D eigenvalue weighted by atomic mass is 31.2. The molecule has 0 aromatic heterocycles. The summed E-state index contributed by atoms with van der Waals surface area (Å²) in [6.07, 6.45) is 25.0. The zero-order chi connectivity index (χ0) is 22.1. The first-order chi connectivity index (χ1) is 16.5. The van der Waals surface area contributed by atoms with Gasteiger partial charge in [0.15, 0.2) is 0 Å². The van der Waals surface area contributed by atoms with Crippen LogP contribution in [0.3, 0.4) is 0 Å². The maximum absolute atomic E-state index is 7.35. The Morgan fingerprint density at radius 1 is 0.324 bits per heavy atom. The van der Waals surface area contributed by atoms with Crippen molar-refractivity contribution in [3.63, 3.8) is 0 Å². The lowest BCUT2D eigenvalue weighted by Gasteiger charge is -2.60. The van der Waals surface area contributed by atoms with Crippen molar-refractivity contribution in [2.24, 2.45) is 53.3 Å². The average molecular weight is 485 g/mol. The molecule has 0 atom stereocenters. The van der Waals surface area contributed by atoms with Crippen LogP contribution in [0.4, 0.5) is 0 Å². The lowest BCUT2D eigenvalue weighted by Crippen LogP contribution is -2.54. The van der Waals surface area contributed by atoms with Gasteiger partial charge in [0.2, 0.25) is 0 Å². The van der Waals surface area contributed by atoms with Gasteiger partial charge < -0.3 is 13.6 Å². The molecular formula is C30H45O3P. The Balaban J connectivity index is 1.02. The van der Waals surface area contributed by atoms with Crippen molar-refractivity contribution in [2.75, 3.05) is 0 Å². The molecule has 12 rings (SSSR count). The van der Waals surface area contributed by atoms with Crippen molar-refractivity contribution in [2.45, 2.75) is 132 Å². The molecule has 0 radical (unpaired) electrons. The van der Waals surface area contributed by atoms with E-state index in [0.29, 0.717) is 0 Å². The topological polar surface area (TPSA) is 27.7 Å². The van der Waals surface area contributed by atoms with E-state index in [1.54, 1.807) is 0 Å². The van der Waals surface area contributed by atoms with Crippen LogP contribution in [0, 0.1) is 53.3 Å². The van der Waals surface area contributed by atoms with Gasteiger partial charge in [-0.2, -0.15) is 0 Å². The summed E-state index contributed by atoms with van der Waals surface area (Å²) in [5, 5.41) is 0. The summed E-state index contributed by atoms with van der Waals surface area (Å²) in [6.45, 7) is 0. The second-order valence-electron chi connectivity index (χ2n) is 15.8. The molecule has 4 heteroatoms. The highest BCUT2D eigenvalue weighted by Gasteiger charge is 2.59. The monoisotopic (exact) mass is 484 g/mol. The maximum atomic E-state index is 7.35. The van der Waals surface area contributed by atoms with Crippen LogP contribution in [0.15, 0.2) is 0 Å². The highest BCUT2D eigenvalue weighted by Crippen LogP contribution is 2.68. The maximum Gasteiger partial charge on any atom is 0.334 e. The molecule has 0 aromatic rings. The molecule has 34 heavy (non-hydrogen) atoms. The smallest absolute Gasteiger partial charge is 0.306 e. The molecule has 12 bridgehead atoms. The summed E-state index contributed by atoms with van der Waals surface area (Å²) in [7, 11) is -1.24. The normalized spacial score (nSPS) is 60.9. The minimum Gasteiger partial charge on any atom is -0.306 e. The van der Waals surface area contributed by atoms with Gasteiger partial charge in [0, 0.05) is 0 Å². The van der Waals surface area contributed by atoms with Crippen molar-refractivity contribution in [3.05, 3.63) is 0 Å². The van der Waals surface area contributed by atoms with E-state index >= 15 is 0 Å². The Kier molecular flexibility index (Phi) is 4.53. The van der Waals surface area contributed by atoms with E-state index < -0.39 is 8.60 Å². The average Bonchev–Trinajstić information content (AvgIpc) is 2.69. The standard InChI is InChI=1S/C30H45O3P/c1-19-2-21-3-20(1)11-28(10-19,12-21)31-34(32-29-13-22-4-23(14-29)6-24(5-22)15-29)33-30-16-25-7-26(17-30)9-27(8-25)18-30/h19-27H,1-18H2. The predicted molar refractivity (Wildman–Crippen MR) is 133 cm³/mol. The summed E-state index contributed by atoms with van der Waals surface area (Å²) in [6, 6.07) is 0. The van der Waals surface area contributed by atoms with E-state index in [4.69, 9.17) is 13.6 Å². The summed E-state index contributed by atoms with van der Waals surface area (Å²) in [5.41, 5.74) is 0.265. The largest absolute Gasteiger partial charge is 0.334 e. The first kappa shape index (κ1) is 21.3. The molecule has 12 aliphatic carbocycles. The summed E-state index contributed by atoms with van der Waals surface area (Å²) < 4.78 is 22.0. The van der Waals surface area contributed by atoms with Gasteiger partial charge in [-0.1, -0.05) is 0 Å². The molecule has 0 saturated heterocycles. The molecule has 0 aromatic carbocycles. The third-order valence-corrected chi connectivity index (χ3v) is 14.4. The van der Waals surface area contributed by atoms with Crippen LogP contribution in [0.1, 0.15) is 116 Å². The van der Waals surface area contributed by atoms with Gasteiger partial charge in [0.25, 0.3) is 0 Å². The minimum atomic E-state index is -1.24. The Morgan fingerprint density at radius 3 is 0.676 bits per heavy atom. The van der Waals surface area contributed by atoms with E-state index in [9.17, 15) is 0 Å². The molecule has 0 N–H and O–H groups in total. The summed E-state index contributed by atoms with van der Waals surface area (Å²) >= 11 is 0. The first-order valence-electron chi connectivity index (χ1n) is 15.4. The fourth-order valence-corrected chi connectivity index (χ4v) is 14.7. The lowest BCUT2D eigenvalue weighted by atomic mass is 9.54. The van der Waals surface area contributed by atoms with Crippen LogP contribution < -0.4 is 0 Å². The highest BCUT2D eigenvalue weighted by molar-refractivity contribution is 7.41. The molecule has 12 aliphatic rings. The molecule has 3 nitrogen and oxygen atoms in total. The molecule has 0 amide bonds. The molecule has 12 saturated carbocycles. The van der Waals surface area contributed by atoms with Gasteiger partial charge in [-0.3, -0.25) is 0 Å². The Labute approximate surface area is 207 Å². The van der Waals surface area contributed by atoms with Gasteiger partial charge in [0.1, 0.15) is 0 Å². The SMILES string of the molecule is C1C2CC3CC1CC(OP(OC14CC5CC(CC(C5)C1)C4)OC14CC5CC(CC(C5)C1)C4)(C2)C3. The second-order valence-corrected chi connectivity index (χ2v) is 16.8. The predicted octanol–water partition coefficient (Wildman–Crippen LogP) is 8.17. The van der Waals surface area contributed by atoms with E-state index in [0.717, 1.165) is 53.3 Å². The van der Waals surface area contributed by atoms with Gasteiger partial charge >= 0.3 is 8.60 Å². The van der Waals surface area contributed by atoms with Gasteiger partial charge in [-0.05, 0) is 169 Å². The van der Waals surface area contributed by atoms with Gasteiger partial charge in [-0.15, -0.1) is 0 Å². The molecule has 188 valence electrons. The molecule has 0 spiro atoms. The van der Waals surface area contributed by atoms with E-state index in [1.807, 2.05) is 0 Å². The van der Waals surface area contributed by atoms with E-state index in [2.05, 4.69) is 0 Å². The van der Waals surface area contributed by atoms with Crippen LogP contribution in [0.2, 0.25) is 0 Å². The number of hydrogen-bond acceptors (Lipinski definition) is 3. The van der Waals surface area contributed by atoms with Crippen LogP contribution in [-0.2, 0) is 13.6 Å². The Morgan fingerprint density at radius 2 is 0.500 bits per heavy atom. The third kappa shape index (κ3) is 3.41. The van der Waals surface area contributed by atoms with Crippen molar-refractivity contribution in [1.82, 2.24) is 0 Å². The van der Waals surface area contributed by atoms with Crippen molar-refractivity contribution >= 4 is 8.60 Å². The molecule has 0 unspecified atom stereocenters. The van der Waals surface area contributed by atoms with Crippen LogP contribution in [0.25, 0.3) is 0 Å². The van der Waals surface area contributed by atoms with Crippen LogP contribution >= 0.6 is 8.60 Å². The minimum absolute atomic E-state index is 0.0883. The molecule has 0 heterocycles. The van der Waals surface area contributed by atoms with Crippen molar-refractivity contribution in [3.8, 4) is 0 Å². The van der Waals surface area contributed by atoms with E-state index in [-0.39, 0.29) is 16.8 Å². The zero-order valence-electron chi connectivity index (χ0n) is 21.1. The molecule has 12 fully saturated rings. The Bertz CT molecular complexity index is 637. The van der Waals surface area contributed by atoms with Crippen LogP contribution in [0.5, 0.6) is 0 Å². The van der Waals surface area contributed by atoms with Crippen LogP contribution in [-0.4, -0.2) is 16.8 Å². The number of hydrogen-bond donors (Lipinski definition) is 0. The summed E-state index contributed by atoms with van der Waals surface area (Å²) in [4.78, 5) is 0. The molecular weight excluding hydrogens is 439 g/mol.